The lowest BCUT2D eigenvalue weighted by molar-refractivity contribution is -0.0184. The third-order valence-corrected chi connectivity index (χ3v) is 2.64. The molecule has 0 radical (unpaired) electrons. The van der Waals surface area contributed by atoms with E-state index in [1.807, 2.05) is 13.8 Å². The van der Waals surface area contributed by atoms with Gasteiger partial charge in [-0.15, -0.1) is 0 Å². The molecule has 1 rings (SSSR count). The van der Waals surface area contributed by atoms with Crippen molar-refractivity contribution in [1.82, 2.24) is 5.43 Å². The summed E-state index contributed by atoms with van der Waals surface area (Å²) in [5, 5.41) is 0. The standard InChI is InChI=1S/C10H20N2O2/c1-10(2,13-3)9(12-11)8-6-4-5-7-14-8/h6,9,12H,4-5,7,11H2,1-3H3. The van der Waals surface area contributed by atoms with Crippen LogP contribution in [0, 0.1) is 0 Å². The Labute approximate surface area is 85.4 Å². The number of ether oxygens (including phenoxy) is 2. The fraction of sp³-hybridized carbons (Fsp3) is 0.800. The molecule has 1 unspecified atom stereocenters. The van der Waals surface area contributed by atoms with Crippen molar-refractivity contribution in [3.8, 4) is 0 Å². The van der Waals surface area contributed by atoms with Gasteiger partial charge >= 0.3 is 0 Å². The largest absolute Gasteiger partial charge is 0.496 e. The van der Waals surface area contributed by atoms with Gasteiger partial charge in [-0.2, -0.15) is 0 Å². The number of hydrogen-bond acceptors (Lipinski definition) is 4. The lowest BCUT2D eigenvalue weighted by Crippen LogP contribution is -2.52. The van der Waals surface area contributed by atoms with E-state index < -0.39 is 0 Å². The zero-order valence-corrected chi connectivity index (χ0v) is 9.17. The van der Waals surface area contributed by atoms with Gasteiger partial charge in [0.1, 0.15) is 11.8 Å². The van der Waals surface area contributed by atoms with Crippen LogP contribution in [0.5, 0.6) is 0 Å². The highest BCUT2D eigenvalue weighted by molar-refractivity contribution is 5.11. The van der Waals surface area contributed by atoms with Crippen LogP contribution < -0.4 is 11.3 Å². The van der Waals surface area contributed by atoms with Crippen LogP contribution in [0.25, 0.3) is 0 Å². The normalized spacial score (nSPS) is 19.9. The van der Waals surface area contributed by atoms with Crippen molar-refractivity contribution in [1.29, 1.82) is 0 Å². The van der Waals surface area contributed by atoms with Crippen LogP contribution in [0.1, 0.15) is 26.7 Å². The summed E-state index contributed by atoms with van der Waals surface area (Å²) in [5.41, 5.74) is 2.38. The number of rotatable bonds is 4. The first-order chi connectivity index (χ1) is 6.61. The molecule has 0 aliphatic carbocycles. The number of nitrogens with one attached hydrogen (secondary N) is 1. The highest BCUT2D eigenvalue weighted by Gasteiger charge is 2.33. The highest BCUT2D eigenvalue weighted by atomic mass is 16.5. The van der Waals surface area contributed by atoms with Gasteiger partial charge in [0.05, 0.1) is 12.2 Å². The van der Waals surface area contributed by atoms with Gasteiger partial charge in [-0.3, -0.25) is 5.84 Å². The maximum absolute atomic E-state index is 5.56. The number of hydrazine groups is 1. The fourth-order valence-corrected chi connectivity index (χ4v) is 1.52. The Bertz CT molecular complexity index is 214. The predicted octanol–water partition coefficient (Wildman–Crippen LogP) is 0.938. The van der Waals surface area contributed by atoms with Crippen LogP contribution >= 0.6 is 0 Å². The number of nitrogens with two attached hydrogens (primary N) is 1. The lowest BCUT2D eigenvalue weighted by atomic mass is 9.96. The first-order valence-corrected chi connectivity index (χ1v) is 4.96. The van der Waals surface area contributed by atoms with Crippen molar-refractivity contribution in [2.45, 2.75) is 38.3 Å². The first kappa shape index (κ1) is 11.5. The Balaban J connectivity index is 2.74. The zero-order chi connectivity index (χ0) is 10.6. The van der Waals surface area contributed by atoms with Gasteiger partial charge in [0.2, 0.25) is 0 Å². The van der Waals surface area contributed by atoms with Crippen molar-refractivity contribution in [2.24, 2.45) is 5.84 Å². The summed E-state index contributed by atoms with van der Waals surface area (Å²) in [4.78, 5) is 0. The first-order valence-electron chi connectivity index (χ1n) is 4.96. The Morgan fingerprint density at radius 3 is 2.79 bits per heavy atom. The smallest absolute Gasteiger partial charge is 0.113 e. The molecule has 82 valence electrons. The summed E-state index contributed by atoms with van der Waals surface area (Å²) in [7, 11) is 1.67. The van der Waals surface area contributed by atoms with Gasteiger partial charge in [-0.1, -0.05) is 0 Å². The van der Waals surface area contributed by atoms with E-state index in [-0.39, 0.29) is 11.6 Å². The molecule has 0 saturated carbocycles. The molecule has 1 heterocycles. The van der Waals surface area contributed by atoms with Gasteiger partial charge < -0.3 is 9.47 Å². The van der Waals surface area contributed by atoms with Crippen molar-refractivity contribution >= 4 is 0 Å². The molecule has 0 amide bonds. The Hall–Kier alpha value is -0.580. The van der Waals surface area contributed by atoms with Crippen LogP contribution in [0.15, 0.2) is 11.8 Å². The van der Waals surface area contributed by atoms with E-state index >= 15 is 0 Å². The Kier molecular flexibility index (Phi) is 3.92. The maximum Gasteiger partial charge on any atom is 0.113 e. The molecular weight excluding hydrogens is 180 g/mol. The third kappa shape index (κ3) is 2.47. The molecule has 1 atom stereocenters. The fourth-order valence-electron chi connectivity index (χ4n) is 1.52. The lowest BCUT2D eigenvalue weighted by Gasteiger charge is -2.34. The molecule has 1 aliphatic heterocycles. The summed E-state index contributed by atoms with van der Waals surface area (Å²) < 4.78 is 10.9. The van der Waals surface area contributed by atoms with Gasteiger partial charge in [0.15, 0.2) is 0 Å². The molecule has 14 heavy (non-hydrogen) atoms. The molecule has 4 nitrogen and oxygen atoms in total. The van der Waals surface area contributed by atoms with E-state index in [0.29, 0.717) is 0 Å². The Morgan fingerprint density at radius 2 is 2.36 bits per heavy atom. The van der Waals surface area contributed by atoms with Crippen LogP contribution in [0.3, 0.4) is 0 Å². The Morgan fingerprint density at radius 1 is 1.64 bits per heavy atom. The minimum absolute atomic E-state index is 0.0900. The van der Waals surface area contributed by atoms with Gasteiger partial charge in [-0.25, -0.2) is 5.43 Å². The van der Waals surface area contributed by atoms with E-state index in [9.17, 15) is 0 Å². The second kappa shape index (κ2) is 4.77. The summed E-state index contributed by atoms with van der Waals surface area (Å²) >= 11 is 0. The maximum atomic E-state index is 5.56. The molecule has 0 spiro atoms. The highest BCUT2D eigenvalue weighted by Crippen LogP contribution is 2.23. The van der Waals surface area contributed by atoms with Crippen LogP contribution in [-0.2, 0) is 9.47 Å². The summed E-state index contributed by atoms with van der Waals surface area (Å²) in [5.74, 6) is 6.41. The molecule has 0 aromatic rings. The van der Waals surface area contributed by atoms with Crippen molar-refractivity contribution in [2.75, 3.05) is 13.7 Å². The average molecular weight is 200 g/mol. The molecular formula is C10H20N2O2. The molecule has 1 aliphatic rings. The van der Waals surface area contributed by atoms with Crippen molar-refractivity contribution in [3.63, 3.8) is 0 Å². The minimum atomic E-state index is -0.363. The summed E-state index contributed by atoms with van der Waals surface area (Å²) in [6.07, 6.45) is 4.20. The molecule has 0 aromatic heterocycles. The van der Waals surface area contributed by atoms with E-state index in [1.54, 1.807) is 7.11 Å². The topological polar surface area (TPSA) is 56.5 Å². The van der Waals surface area contributed by atoms with E-state index in [1.165, 1.54) is 0 Å². The quantitative estimate of drug-likeness (QED) is 0.524. The van der Waals surface area contributed by atoms with Crippen LogP contribution in [0.2, 0.25) is 0 Å². The summed E-state index contributed by atoms with van der Waals surface area (Å²) in [6, 6.07) is -0.0900. The van der Waals surface area contributed by atoms with E-state index in [2.05, 4.69) is 11.5 Å². The average Bonchev–Trinajstić information content (AvgIpc) is 2.20. The van der Waals surface area contributed by atoms with Gasteiger partial charge in [0.25, 0.3) is 0 Å². The SMILES string of the molecule is COC(C)(C)C(NN)C1=CCCCO1. The molecule has 0 bridgehead atoms. The molecule has 0 saturated heterocycles. The number of methoxy groups -OCH3 is 1. The molecule has 4 heteroatoms. The molecule has 0 aromatic carbocycles. The summed E-state index contributed by atoms with van der Waals surface area (Å²) in [6.45, 7) is 4.73. The zero-order valence-electron chi connectivity index (χ0n) is 9.17. The number of hydrogen-bond donors (Lipinski definition) is 2. The molecule has 3 N–H and O–H groups in total. The van der Waals surface area contributed by atoms with Crippen molar-refractivity contribution < 1.29 is 9.47 Å². The second-order valence-electron chi connectivity index (χ2n) is 4.00. The van der Waals surface area contributed by atoms with Gasteiger partial charge in [-0.05, 0) is 32.8 Å². The third-order valence-electron chi connectivity index (χ3n) is 2.64. The van der Waals surface area contributed by atoms with Crippen LogP contribution in [-0.4, -0.2) is 25.4 Å². The van der Waals surface area contributed by atoms with Gasteiger partial charge in [0, 0.05) is 7.11 Å². The second-order valence-corrected chi connectivity index (χ2v) is 4.00. The monoisotopic (exact) mass is 200 g/mol. The van der Waals surface area contributed by atoms with Crippen molar-refractivity contribution in [3.05, 3.63) is 11.8 Å². The van der Waals surface area contributed by atoms with Crippen LogP contribution in [0.4, 0.5) is 0 Å². The van der Waals surface area contributed by atoms with E-state index in [4.69, 9.17) is 15.3 Å². The number of allylic oxidation sites excluding steroid dienone is 1. The van der Waals surface area contributed by atoms with E-state index in [0.717, 1.165) is 25.2 Å². The minimum Gasteiger partial charge on any atom is -0.496 e. The molecule has 0 fully saturated rings. The predicted molar refractivity (Wildman–Crippen MR) is 55.5 cm³/mol.